The van der Waals surface area contributed by atoms with Crippen molar-refractivity contribution in [3.63, 3.8) is 0 Å². The Morgan fingerprint density at radius 2 is 1.93 bits per heavy atom. The molecule has 1 N–H and O–H groups in total. The van der Waals surface area contributed by atoms with Crippen LogP contribution in [0.25, 0.3) is 16.9 Å². The first-order chi connectivity index (χ1) is 20.2. The van der Waals surface area contributed by atoms with Gasteiger partial charge in [-0.25, -0.2) is 9.37 Å². The third kappa shape index (κ3) is 5.44. The van der Waals surface area contributed by atoms with E-state index in [9.17, 15) is 14.0 Å². The van der Waals surface area contributed by atoms with Crippen molar-refractivity contribution in [1.82, 2.24) is 19.6 Å². The zero-order valence-electron chi connectivity index (χ0n) is 23.9. The van der Waals surface area contributed by atoms with Gasteiger partial charge >= 0.3 is 0 Å². The number of aryl methyl sites for hydroxylation is 1. The topological polar surface area (TPSA) is 79.2 Å². The molecule has 2 aromatic carbocycles. The molecule has 0 spiro atoms. The van der Waals surface area contributed by atoms with Gasteiger partial charge in [0, 0.05) is 32.1 Å². The summed E-state index contributed by atoms with van der Waals surface area (Å²) in [6.07, 6.45) is 1.24. The second-order valence-electron chi connectivity index (χ2n) is 10.3. The molecule has 3 heterocycles. The first-order valence-electron chi connectivity index (χ1n) is 13.7. The molecule has 0 aliphatic carbocycles. The fraction of sp³-hybridized carbons (Fsp3) is 0.323. The van der Waals surface area contributed by atoms with Crippen LogP contribution >= 0.6 is 23.2 Å². The van der Waals surface area contributed by atoms with Crippen LogP contribution in [-0.2, 0) is 4.79 Å². The Morgan fingerprint density at radius 3 is 2.62 bits per heavy atom. The van der Waals surface area contributed by atoms with Gasteiger partial charge in [-0.15, -0.1) is 0 Å². The lowest BCUT2D eigenvalue weighted by atomic mass is 9.98. The molecule has 0 fully saturated rings. The zero-order chi connectivity index (χ0) is 30.1. The Hall–Kier alpha value is -3.66. The SMILES string of the molecule is CNCCN(C(=O)c1nc2cccc(OC)n2c1-c1ccc(F)c(C)c1)C1CCCN(C(C)=O)c2cc(Cl)c(Cl)cc21. The van der Waals surface area contributed by atoms with Crippen LogP contribution in [0.2, 0.25) is 10.0 Å². The molecule has 1 unspecified atom stereocenters. The number of aromatic nitrogens is 2. The number of nitrogens with zero attached hydrogens (tertiary/aromatic N) is 4. The number of likely N-dealkylation sites (N-methyl/N-ethyl adjacent to an activating group) is 1. The van der Waals surface area contributed by atoms with E-state index in [0.717, 1.165) is 5.56 Å². The summed E-state index contributed by atoms with van der Waals surface area (Å²) in [6, 6.07) is 13.1. The smallest absolute Gasteiger partial charge is 0.275 e. The zero-order valence-corrected chi connectivity index (χ0v) is 25.4. The van der Waals surface area contributed by atoms with E-state index in [0.29, 0.717) is 76.6 Å². The molecule has 4 aromatic rings. The number of hydrogen-bond acceptors (Lipinski definition) is 5. The largest absolute Gasteiger partial charge is 0.482 e. The Bertz CT molecular complexity index is 1670. The van der Waals surface area contributed by atoms with Crippen LogP contribution in [0.4, 0.5) is 10.1 Å². The van der Waals surface area contributed by atoms with Crippen molar-refractivity contribution < 1.29 is 18.7 Å². The number of fused-ring (bicyclic) bond motifs is 2. The minimum atomic E-state index is -0.422. The van der Waals surface area contributed by atoms with Gasteiger partial charge in [-0.3, -0.25) is 14.0 Å². The molecule has 1 aliphatic heterocycles. The van der Waals surface area contributed by atoms with Crippen molar-refractivity contribution in [1.29, 1.82) is 0 Å². The average molecular weight is 613 g/mol. The van der Waals surface area contributed by atoms with Crippen molar-refractivity contribution in [2.24, 2.45) is 0 Å². The quantitative estimate of drug-likeness (QED) is 0.265. The van der Waals surface area contributed by atoms with Crippen LogP contribution in [0.3, 0.4) is 0 Å². The van der Waals surface area contributed by atoms with Crippen LogP contribution < -0.4 is 15.0 Å². The highest BCUT2D eigenvalue weighted by Crippen LogP contribution is 2.42. The van der Waals surface area contributed by atoms with Crippen molar-refractivity contribution in [2.75, 3.05) is 38.7 Å². The van der Waals surface area contributed by atoms with Gasteiger partial charge in [0.25, 0.3) is 5.91 Å². The molecular formula is C31H32Cl2FN5O3. The third-order valence-corrected chi connectivity index (χ3v) is 8.37. The lowest BCUT2D eigenvalue weighted by molar-refractivity contribution is -0.116. The monoisotopic (exact) mass is 611 g/mol. The highest BCUT2D eigenvalue weighted by molar-refractivity contribution is 6.42. The van der Waals surface area contributed by atoms with E-state index in [-0.39, 0.29) is 23.3 Å². The number of nitrogens with one attached hydrogen (secondary N) is 1. The Balaban J connectivity index is 1.72. The highest BCUT2D eigenvalue weighted by Gasteiger charge is 2.35. The second kappa shape index (κ2) is 12.3. The molecule has 8 nitrogen and oxygen atoms in total. The maximum atomic E-state index is 14.7. The number of carbonyl (C=O) groups excluding carboxylic acids is 2. The average Bonchev–Trinajstić information content (AvgIpc) is 3.27. The van der Waals surface area contributed by atoms with Gasteiger partial charge in [0.1, 0.15) is 11.5 Å². The van der Waals surface area contributed by atoms with Crippen LogP contribution in [0.5, 0.6) is 5.88 Å². The van der Waals surface area contributed by atoms with Crippen molar-refractivity contribution in [3.8, 4) is 17.1 Å². The van der Waals surface area contributed by atoms with Gasteiger partial charge in [0.05, 0.1) is 34.6 Å². The number of hydrogen-bond donors (Lipinski definition) is 1. The van der Waals surface area contributed by atoms with Crippen LogP contribution in [0.15, 0.2) is 48.5 Å². The maximum absolute atomic E-state index is 14.7. The van der Waals surface area contributed by atoms with Gasteiger partial charge in [-0.2, -0.15) is 0 Å². The Labute approximate surface area is 254 Å². The molecular weight excluding hydrogens is 580 g/mol. The van der Waals surface area contributed by atoms with Crippen LogP contribution in [0.1, 0.15) is 47.4 Å². The number of anilines is 1. The van der Waals surface area contributed by atoms with Crippen molar-refractivity contribution >= 4 is 46.4 Å². The lowest BCUT2D eigenvalue weighted by Crippen LogP contribution is -2.39. The van der Waals surface area contributed by atoms with E-state index in [1.54, 1.807) is 70.7 Å². The van der Waals surface area contributed by atoms with Gasteiger partial charge in [0.15, 0.2) is 11.6 Å². The molecule has 0 radical (unpaired) electrons. The fourth-order valence-corrected chi connectivity index (χ4v) is 5.95. The summed E-state index contributed by atoms with van der Waals surface area (Å²) in [5, 5.41) is 3.81. The lowest BCUT2D eigenvalue weighted by Gasteiger charge is -2.33. The number of carbonyl (C=O) groups is 2. The van der Waals surface area contributed by atoms with E-state index in [1.165, 1.54) is 13.0 Å². The van der Waals surface area contributed by atoms with Crippen LogP contribution in [-0.4, -0.2) is 59.9 Å². The molecule has 0 bridgehead atoms. The summed E-state index contributed by atoms with van der Waals surface area (Å²) in [5.74, 6) is -0.295. The molecule has 2 amide bonds. The molecule has 220 valence electrons. The maximum Gasteiger partial charge on any atom is 0.275 e. The standard InChI is InChI=1S/C31H32Cl2FN5O3/c1-18-15-20(10-11-24(18)34)30-29(36-27-8-5-9-28(42-4)39(27)30)31(41)38(14-12-35-3)25-7-6-13-37(19(2)40)26-17-23(33)22(32)16-21(25)26/h5,8-11,15-17,25,35H,6-7,12-14H2,1-4H3. The minimum absolute atomic E-state index is 0.121. The molecule has 2 aromatic heterocycles. The summed E-state index contributed by atoms with van der Waals surface area (Å²) >= 11 is 12.9. The third-order valence-electron chi connectivity index (χ3n) is 7.65. The van der Waals surface area contributed by atoms with Crippen molar-refractivity contribution in [3.05, 3.63) is 81.2 Å². The molecule has 1 aliphatic rings. The molecule has 5 rings (SSSR count). The molecule has 42 heavy (non-hydrogen) atoms. The van der Waals surface area contributed by atoms with E-state index < -0.39 is 6.04 Å². The van der Waals surface area contributed by atoms with E-state index in [4.69, 9.17) is 32.9 Å². The fourth-order valence-electron chi connectivity index (χ4n) is 5.62. The second-order valence-corrected chi connectivity index (χ2v) is 11.1. The number of methoxy groups -OCH3 is 1. The normalized spacial score (nSPS) is 14.9. The Kier molecular flexibility index (Phi) is 8.73. The number of imidazole rings is 1. The summed E-state index contributed by atoms with van der Waals surface area (Å²) < 4.78 is 21.7. The van der Waals surface area contributed by atoms with Crippen LogP contribution in [0, 0.1) is 12.7 Å². The van der Waals surface area contributed by atoms with Gasteiger partial charge < -0.3 is 19.9 Å². The van der Waals surface area contributed by atoms with Gasteiger partial charge in [-0.1, -0.05) is 29.3 Å². The van der Waals surface area contributed by atoms with Gasteiger partial charge in [0.2, 0.25) is 5.91 Å². The summed E-state index contributed by atoms with van der Waals surface area (Å²) in [6.45, 7) is 4.54. The number of ether oxygens (including phenoxy) is 1. The summed E-state index contributed by atoms with van der Waals surface area (Å²) in [5.41, 5.74) is 3.66. The first-order valence-corrected chi connectivity index (χ1v) is 14.5. The summed E-state index contributed by atoms with van der Waals surface area (Å²) in [4.78, 5) is 35.6. The van der Waals surface area contributed by atoms with E-state index >= 15 is 0 Å². The minimum Gasteiger partial charge on any atom is -0.482 e. The molecule has 0 saturated heterocycles. The molecule has 1 atom stereocenters. The van der Waals surface area contributed by atoms with E-state index in [1.807, 2.05) is 7.05 Å². The number of halogens is 3. The molecule has 11 heteroatoms. The predicted molar refractivity (Wildman–Crippen MR) is 163 cm³/mol. The number of pyridine rings is 1. The number of amides is 2. The number of benzene rings is 2. The summed E-state index contributed by atoms with van der Waals surface area (Å²) in [7, 11) is 3.37. The van der Waals surface area contributed by atoms with Gasteiger partial charge in [-0.05, 0) is 80.4 Å². The first kappa shape index (κ1) is 29.8. The Morgan fingerprint density at radius 1 is 1.17 bits per heavy atom. The highest BCUT2D eigenvalue weighted by atomic mass is 35.5. The molecule has 0 saturated carbocycles. The van der Waals surface area contributed by atoms with E-state index in [2.05, 4.69) is 5.32 Å². The van der Waals surface area contributed by atoms with Crippen molar-refractivity contribution in [2.45, 2.75) is 32.7 Å². The number of rotatable bonds is 7. The predicted octanol–water partition coefficient (Wildman–Crippen LogP) is 6.31.